The first-order valence-corrected chi connectivity index (χ1v) is 5.71. The third-order valence-electron chi connectivity index (χ3n) is 3.14. The molecule has 0 fully saturated rings. The van der Waals surface area contributed by atoms with E-state index in [1.165, 1.54) is 11.0 Å². The second-order valence-corrected chi connectivity index (χ2v) is 4.40. The lowest BCUT2D eigenvalue weighted by atomic mass is 10.1. The lowest BCUT2D eigenvalue weighted by molar-refractivity contribution is 0.0996. The minimum atomic E-state index is -0.755. The average molecular weight is 260 g/mol. The summed E-state index contributed by atoms with van der Waals surface area (Å²) in [6.07, 6.45) is 0. The minimum absolute atomic E-state index is 0.0705. The van der Waals surface area contributed by atoms with Gasteiger partial charge in [-0.15, -0.1) is 0 Å². The van der Waals surface area contributed by atoms with E-state index in [2.05, 4.69) is 0 Å². The molecule has 0 unspecified atom stereocenters. The van der Waals surface area contributed by atoms with Crippen LogP contribution in [-0.2, 0) is 6.54 Å². The van der Waals surface area contributed by atoms with Gasteiger partial charge in [-0.05, 0) is 29.8 Å². The number of hydrogen-bond acceptors (Lipinski definition) is 2. The van der Waals surface area contributed by atoms with Gasteiger partial charge >= 0.3 is 0 Å². The largest absolute Gasteiger partial charge is 0.399 e. The quantitative estimate of drug-likeness (QED) is 0.801. The number of nitrogens with two attached hydrogens (primary N) is 1. The molecular formula is C14H10F2N2O. The van der Waals surface area contributed by atoms with Gasteiger partial charge in [0.2, 0.25) is 0 Å². The van der Waals surface area contributed by atoms with Gasteiger partial charge in [-0.25, -0.2) is 8.78 Å². The van der Waals surface area contributed by atoms with Crippen molar-refractivity contribution in [2.45, 2.75) is 6.54 Å². The minimum Gasteiger partial charge on any atom is -0.399 e. The van der Waals surface area contributed by atoms with Gasteiger partial charge in [0.25, 0.3) is 5.91 Å². The van der Waals surface area contributed by atoms with Crippen LogP contribution in [0.15, 0.2) is 36.4 Å². The zero-order chi connectivity index (χ0) is 13.6. The summed E-state index contributed by atoms with van der Waals surface area (Å²) < 4.78 is 26.6. The van der Waals surface area contributed by atoms with E-state index in [4.69, 9.17) is 5.73 Å². The van der Waals surface area contributed by atoms with Gasteiger partial charge < -0.3 is 10.6 Å². The number of anilines is 2. The van der Waals surface area contributed by atoms with E-state index in [9.17, 15) is 13.6 Å². The van der Waals surface area contributed by atoms with Crippen molar-refractivity contribution in [3.8, 4) is 0 Å². The molecule has 0 aromatic heterocycles. The van der Waals surface area contributed by atoms with E-state index < -0.39 is 11.6 Å². The summed E-state index contributed by atoms with van der Waals surface area (Å²) in [6, 6.07) is 8.15. The number of halogens is 2. The summed E-state index contributed by atoms with van der Waals surface area (Å²) in [5, 5.41) is 0. The number of rotatable bonds is 1. The summed E-state index contributed by atoms with van der Waals surface area (Å²) >= 11 is 0. The number of carbonyl (C=O) groups is 1. The third kappa shape index (κ3) is 1.83. The number of hydrogen-bond donors (Lipinski definition) is 1. The van der Waals surface area contributed by atoms with Gasteiger partial charge in [-0.3, -0.25) is 4.79 Å². The predicted molar refractivity (Wildman–Crippen MR) is 67.7 cm³/mol. The highest BCUT2D eigenvalue weighted by Crippen LogP contribution is 2.31. The molecule has 0 aliphatic carbocycles. The molecule has 3 nitrogen and oxygen atoms in total. The topological polar surface area (TPSA) is 46.3 Å². The Labute approximate surface area is 108 Å². The number of fused-ring (bicyclic) bond motifs is 1. The van der Waals surface area contributed by atoms with Gasteiger partial charge in [0.1, 0.15) is 11.6 Å². The molecule has 0 bridgehead atoms. The van der Waals surface area contributed by atoms with Crippen molar-refractivity contribution in [1.29, 1.82) is 0 Å². The molecule has 96 valence electrons. The summed E-state index contributed by atoms with van der Waals surface area (Å²) in [5.74, 6) is -1.75. The zero-order valence-electron chi connectivity index (χ0n) is 9.86. The van der Waals surface area contributed by atoms with Crippen LogP contribution in [0, 0.1) is 11.6 Å². The zero-order valence-corrected chi connectivity index (χ0v) is 9.86. The summed E-state index contributed by atoms with van der Waals surface area (Å²) in [6.45, 7) is 0.261. The van der Waals surface area contributed by atoms with E-state index in [1.807, 2.05) is 0 Å². The van der Waals surface area contributed by atoms with Gasteiger partial charge in [0, 0.05) is 17.3 Å². The Morgan fingerprint density at radius 1 is 1.11 bits per heavy atom. The van der Waals surface area contributed by atoms with E-state index in [0.29, 0.717) is 11.3 Å². The molecule has 1 amide bonds. The van der Waals surface area contributed by atoms with Crippen LogP contribution in [0.4, 0.5) is 20.2 Å². The lowest BCUT2D eigenvalue weighted by Gasteiger charge is -2.16. The van der Waals surface area contributed by atoms with Crippen molar-refractivity contribution in [1.82, 2.24) is 0 Å². The molecule has 0 atom stereocenters. The van der Waals surface area contributed by atoms with Crippen LogP contribution >= 0.6 is 0 Å². The second kappa shape index (κ2) is 4.05. The molecule has 1 heterocycles. The van der Waals surface area contributed by atoms with E-state index >= 15 is 0 Å². The van der Waals surface area contributed by atoms with Crippen molar-refractivity contribution in [3.63, 3.8) is 0 Å². The Morgan fingerprint density at radius 3 is 2.63 bits per heavy atom. The molecule has 1 aliphatic rings. The monoisotopic (exact) mass is 260 g/mol. The van der Waals surface area contributed by atoms with Crippen LogP contribution in [0.3, 0.4) is 0 Å². The van der Waals surface area contributed by atoms with Gasteiger partial charge in [0.05, 0.1) is 12.2 Å². The highest BCUT2D eigenvalue weighted by atomic mass is 19.1. The summed E-state index contributed by atoms with van der Waals surface area (Å²) in [4.78, 5) is 13.5. The molecule has 1 aliphatic heterocycles. The maximum Gasteiger partial charge on any atom is 0.259 e. The first-order valence-electron chi connectivity index (χ1n) is 5.71. The van der Waals surface area contributed by atoms with E-state index in [0.717, 1.165) is 17.7 Å². The molecule has 19 heavy (non-hydrogen) atoms. The predicted octanol–water partition coefficient (Wildman–Crippen LogP) is 2.71. The number of carbonyl (C=O) groups excluding carboxylic acids is 1. The Hall–Kier alpha value is -2.43. The van der Waals surface area contributed by atoms with Gasteiger partial charge in [0.15, 0.2) is 0 Å². The first kappa shape index (κ1) is 11.6. The normalized spacial score (nSPS) is 13.8. The Morgan fingerprint density at radius 2 is 1.89 bits per heavy atom. The standard InChI is InChI=1S/C14H10F2N2O/c15-9-2-4-13(12(16)5-9)18-7-8-1-3-10(17)6-11(8)14(18)19/h1-6H,7,17H2. The molecule has 3 rings (SSSR count). The number of benzene rings is 2. The number of amides is 1. The Balaban J connectivity index is 2.04. The average Bonchev–Trinajstić information content (AvgIpc) is 2.67. The molecular weight excluding hydrogens is 250 g/mol. The maximum atomic E-state index is 13.7. The van der Waals surface area contributed by atoms with Crippen molar-refractivity contribution >= 4 is 17.3 Å². The van der Waals surface area contributed by atoms with E-state index in [-0.39, 0.29) is 18.1 Å². The van der Waals surface area contributed by atoms with Crippen LogP contribution in [-0.4, -0.2) is 5.91 Å². The molecule has 2 aromatic rings. The molecule has 0 spiro atoms. The molecule has 0 saturated heterocycles. The highest BCUT2D eigenvalue weighted by molar-refractivity contribution is 6.10. The number of nitrogens with zero attached hydrogens (tertiary/aromatic N) is 1. The smallest absolute Gasteiger partial charge is 0.259 e. The Kier molecular flexibility index (Phi) is 2.48. The fourth-order valence-corrected chi connectivity index (χ4v) is 2.21. The SMILES string of the molecule is Nc1ccc2c(c1)C(=O)N(c1ccc(F)cc1F)C2. The molecule has 0 saturated carbocycles. The summed E-state index contributed by atoms with van der Waals surface area (Å²) in [5.41, 5.74) is 7.43. The van der Waals surface area contributed by atoms with Crippen molar-refractivity contribution in [3.05, 3.63) is 59.2 Å². The first-order chi connectivity index (χ1) is 9.06. The molecule has 5 heteroatoms. The molecule has 0 radical (unpaired) electrons. The van der Waals surface area contributed by atoms with Gasteiger partial charge in [-0.2, -0.15) is 0 Å². The van der Waals surface area contributed by atoms with Crippen molar-refractivity contribution in [2.24, 2.45) is 0 Å². The van der Waals surface area contributed by atoms with Crippen molar-refractivity contribution in [2.75, 3.05) is 10.6 Å². The van der Waals surface area contributed by atoms with Gasteiger partial charge in [-0.1, -0.05) is 6.07 Å². The number of nitrogen functional groups attached to an aromatic ring is 1. The van der Waals surface area contributed by atoms with Crippen LogP contribution in [0.2, 0.25) is 0 Å². The van der Waals surface area contributed by atoms with E-state index in [1.54, 1.807) is 18.2 Å². The van der Waals surface area contributed by atoms with Crippen LogP contribution in [0.25, 0.3) is 0 Å². The fourth-order valence-electron chi connectivity index (χ4n) is 2.21. The highest BCUT2D eigenvalue weighted by Gasteiger charge is 2.30. The Bertz CT molecular complexity index is 685. The second-order valence-electron chi connectivity index (χ2n) is 4.40. The van der Waals surface area contributed by atoms with Crippen LogP contribution in [0.5, 0.6) is 0 Å². The summed E-state index contributed by atoms with van der Waals surface area (Å²) in [7, 11) is 0. The van der Waals surface area contributed by atoms with Crippen molar-refractivity contribution < 1.29 is 13.6 Å². The third-order valence-corrected chi connectivity index (χ3v) is 3.14. The van der Waals surface area contributed by atoms with Crippen LogP contribution < -0.4 is 10.6 Å². The molecule has 2 aromatic carbocycles. The molecule has 2 N–H and O–H groups in total. The lowest BCUT2D eigenvalue weighted by Crippen LogP contribution is -2.24. The van der Waals surface area contributed by atoms with Crippen LogP contribution in [0.1, 0.15) is 15.9 Å². The maximum absolute atomic E-state index is 13.7. The fraction of sp³-hybridized carbons (Fsp3) is 0.0714.